The van der Waals surface area contributed by atoms with Crippen LogP contribution in [0.4, 0.5) is 5.69 Å². The molecule has 0 aliphatic carbocycles. The maximum atomic E-state index is 11.3. The number of hydrogen-bond acceptors (Lipinski definition) is 5. The first kappa shape index (κ1) is 16.8. The summed E-state index contributed by atoms with van der Waals surface area (Å²) in [5.41, 5.74) is 5.46. The van der Waals surface area contributed by atoms with E-state index < -0.39 is 0 Å². The molecule has 6 nitrogen and oxygen atoms in total. The number of aromatic amines is 1. The molecule has 0 atom stereocenters. The Hall–Kier alpha value is -2.70. The lowest BCUT2D eigenvalue weighted by Crippen LogP contribution is -2.33. The molecule has 0 saturated heterocycles. The Morgan fingerprint density at radius 2 is 2.08 bits per heavy atom. The Bertz CT molecular complexity index is 950. The molecular formula is C20H21N3O3. The minimum absolute atomic E-state index is 0.0778. The standard InChI is InChI=1S/C20H21N3O3/c1-26-10-9-23-8-7-14-15(13-5-3-2-4-6-13)11-16-18(17(14)12-23)21-20(24)19(16)22-25/h2-6,11,21,24H,7-10,12H2,1H3. The van der Waals surface area contributed by atoms with Gasteiger partial charge in [0, 0.05) is 32.1 Å². The second-order valence-electron chi connectivity index (χ2n) is 6.60. The average molecular weight is 351 g/mol. The third-order valence-corrected chi connectivity index (χ3v) is 5.12. The Balaban J connectivity index is 1.92. The van der Waals surface area contributed by atoms with Crippen LogP contribution >= 0.6 is 0 Å². The van der Waals surface area contributed by atoms with Crippen LogP contribution in [0.1, 0.15) is 11.1 Å². The molecular weight excluding hydrogens is 330 g/mol. The van der Waals surface area contributed by atoms with E-state index in [2.05, 4.69) is 27.2 Å². The number of nitroso groups, excluding NO2 is 1. The number of aromatic nitrogens is 1. The van der Waals surface area contributed by atoms with Gasteiger partial charge in [0.05, 0.1) is 12.1 Å². The first-order chi connectivity index (χ1) is 12.7. The lowest BCUT2D eigenvalue weighted by atomic mass is 9.88. The number of benzene rings is 2. The second-order valence-corrected chi connectivity index (χ2v) is 6.60. The normalized spacial score (nSPS) is 14.5. The summed E-state index contributed by atoms with van der Waals surface area (Å²) >= 11 is 0. The molecule has 0 spiro atoms. The Labute approximate surface area is 151 Å². The summed E-state index contributed by atoms with van der Waals surface area (Å²) in [4.78, 5) is 16.6. The van der Waals surface area contributed by atoms with Crippen molar-refractivity contribution in [3.63, 3.8) is 0 Å². The lowest BCUT2D eigenvalue weighted by Gasteiger charge is -2.30. The number of methoxy groups -OCH3 is 1. The second kappa shape index (κ2) is 6.90. The highest BCUT2D eigenvalue weighted by Gasteiger charge is 2.25. The van der Waals surface area contributed by atoms with Crippen LogP contribution in [0.15, 0.2) is 41.6 Å². The molecule has 0 amide bonds. The molecule has 0 bridgehead atoms. The van der Waals surface area contributed by atoms with Crippen LogP contribution in [0.2, 0.25) is 0 Å². The van der Waals surface area contributed by atoms with Crippen LogP contribution in [0.5, 0.6) is 5.88 Å². The lowest BCUT2D eigenvalue weighted by molar-refractivity contribution is 0.141. The van der Waals surface area contributed by atoms with Crippen molar-refractivity contribution in [2.24, 2.45) is 5.18 Å². The molecule has 2 heterocycles. The Morgan fingerprint density at radius 1 is 1.27 bits per heavy atom. The van der Waals surface area contributed by atoms with E-state index in [9.17, 15) is 10.0 Å². The number of H-pyrrole nitrogens is 1. The zero-order chi connectivity index (χ0) is 18.1. The van der Waals surface area contributed by atoms with Gasteiger partial charge in [-0.15, -0.1) is 4.91 Å². The summed E-state index contributed by atoms with van der Waals surface area (Å²) in [5.74, 6) is -0.170. The third kappa shape index (κ3) is 2.77. The molecule has 1 aromatic heterocycles. The van der Waals surface area contributed by atoms with Crippen molar-refractivity contribution in [2.75, 3.05) is 26.8 Å². The largest absolute Gasteiger partial charge is 0.493 e. The minimum atomic E-state index is -0.170. The van der Waals surface area contributed by atoms with E-state index in [-0.39, 0.29) is 11.6 Å². The molecule has 0 fully saturated rings. The quantitative estimate of drug-likeness (QED) is 0.683. The van der Waals surface area contributed by atoms with Gasteiger partial charge in [0.15, 0.2) is 5.69 Å². The summed E-state index contributed by atoms with van der Waals surface area (Å²) in [7, 11) is 1.70. The van der Waals surface area contributed by atoms with Crippen molar-refractivity contribution in [1.29, 1.82) is 0 Å². The highest BCUT2D eigenvalue weighted by Crippen LogP contribution is 2.42. The SMILES string of the molecule is COCCN1CCc2c(-c3ccccc3)cc3c(N=O)c(O)[nH]c3c2C1. The summed E-state index contributed by atoms with van der Waals surface area (Å²) in [6.45, 7) is 3.22. The predicted molar refractivity (Wildman–Crippen MR) is 102 cm³/mol. The van der Waals surface area contributed by atoms with E-state index in [1.807, 2.05) is 24.3 Å². The highest BCUT2D eigenvalue weighted by molar-refractivity contribution is 6.00. The number of hydrogen-bond donors (Lipinski definition) is 2. The van der Waals surface area contributed by atoms with Gasteiger partial charge in [-0.05, 0) is 39.9 Å². The van der Waals surface area contributed by atoms with Gasteiger partial charge < -0.3 is 14.8 Å². The molecule has 1 aliphatic heterocycles. The van der Waals surface area contributed by atoms with Crippen molar-refractivity contribution < 1.29 is 9.84 Å². The molecule has 6 heteroatoms. The van der Waals surface area contributed by atoms with Crippen LogP contribution in [-0.4, -0.2) is 41.8 Å². The molecule has 134 valence electrons. The zero-order valence-corrected chi connectivity index (χ0v) is 14.7. The van der Waals surface area contributed by atoms with Gasteiger partial charge in [-0.2, -0.15) is 0 Å². The Morgan fingerprint density at radius 3 is 2.81 bits per heavy atom. The predicted octanol–water partition coefficient (Wildman–Crippen LogP) is 3.94. The van der Waals surface area contributed by atoms with Gasteiger partial charge in [0.1, 0.15) is 0 Å². The van der Waals surface area contributed by atoms with E-state index in [1.165, 1.54) is 5.56 Å². The van der Waals surface area contributed by atoms with E-state index in [0.717, 1.165) is 48.3 Å². The van der Waals surface area contributed by atoms with E-state index in [1.54, 1.807) is 7.11 Å². The van der Waals surface area contributed by atoms with E-state index in [4.69, 9.17) is 4.74 Å². The summed E-state index contributed by atoms with van der Waals surface area (Å²) in [6, 6.07) is 12.1. The molecule has 2 aromatic carbocycles. The first-order valence-electron chi connectivity index (χ1n) is 8.72. The summed E-state index contributed by atoms with van der Waals surface area (Å²) in [5, 5.41) is 13.8. The van der Waals surface area contributed by atoms with Gasteiger partial charge in [-0.25, -0.2) is 0 Å². The summed E-state index contributed by atoms with van der Waals surface area (Å²) < 4.78 is 5.21. The van der Waals surface area contributed by atoms with Gasteiger partial charge in [-0.3, -0.25) is 4.90 Å². The number of ether oxygens (including phenoxy) is 1. The van der Waals surface area contributed by atoms with Gasteiger partial charge >= 0.3 is 0 Å². The minimum Gasteiger partial charge on any atom is -0.493 e. The van der Waals surface area contributed by atoms with Gasteiger partial charge in [0.25, 0.3) is 0 Å². The zero-order valence-electron chi connectivity index (χ0n) is 14.7. The molecule has 2 N–H and O–H groups in total. The van der Waals surface area contributed by atoms with Crippen LogP contribution in [0.25, 0.3) is 22.0 Å². The van der Waals surface area contributed by atoms with Gasteiger partial charge in [0.2, 0.25) is 5.88 Å². The molecule has 0 radical (unpaired) electrons. The molecule has 26 heavy (non-hydrogen) atoms. The summed E-state index contributed by atoms with van der Waals surface area (Å²) in [6.07, 6.45) is 0.906. The smallest absolute Gasteiger partial charge is 0.219 e. The van der Waals surface area contributed by atoms with E-state index >= 15 is 0 Å². The fraction of sp³-hybridized carbons (Fsp3) is 0.300. The third-order valence-electron chi connectivity index (χ3n) is 5.12. The fourth-order valence-corrected chi connectivity index (χ4v) is 3.83. The van der Waals surface area contributed by atoms with Crippen molar-refractivity contribution in [3.8, 4) is 17.0 Å². The van der Waals surface area contributed by atoms with Crippen LogP contribution in [0, 0.1) is 4.91 Å². The molecule has 0 saturated carbocycles. The van der Waals surface area contributed by atoms with Gasteiger partial charge in [-0.1, -0.05) is 30.3 Å². The monoisotopic (exact) mass is 351 g/mol. The number of nitrogens with one attached hydrogen (secondary N) is 1. The van der Waals surface area contributed by atoms with Crippen molar-refractivity contribution in [2.45, 2.75) is 13.0 Å². The number of fused-ring (bicyclic) bond motifs is 3. The maximum absolute atomic E-state index is 11.3. The number of rotatable bonds is 5. The first-order valence-corrected chi connectivity index (χ1v) is 8.72. The molecule has 1 aliphatic rings. The van der Waals surface area contributed by atoms with Crippen LogP contribution < -0.4 is 0 Å². The molecule has 0 unspecified atom stereocenters. The van der Waals surface area contributed by atoms with Crippen LogP contribution in [0.3, 0.4) is 0 Å². The molecule has 4 rings (SSSR count). The highest BCUT2D eigenvalue weighted by atomic mass is 16.5. The maximum Gasteiger partial charge on any atom is 0.219 e. The van der Waals surface area contributed by atoms with E-state index in [0.29, 0.717) is 12.0 Å². The Kier molecular flexibility index (Phi) is 4.44. The fourth-order valence-electron chi connectivity index (χ4n) is 3.83. The average Bonchev–Trinajstić information content (AvgIpc) is 3.01. The number of nitrogens with zero attached hydrogens (tertiary/aromatic N) is 2. The number of aromatic hydroxyl groups is 1. The topological polar surface area (TPSA) is 77.9 Å². The molecule has 3 aromatic rings. The van der Waals surface area contributed by atoms with Crippen molar-refractivity contribution >= 4 is 16.6 Å². The van der Waals surface area contributed by atoms with Crippen molar-refractivity contribution in [1.82, 2.24) is 9.88 Å². The van der Waals surface area contributed by atoms with Crippen LogP contribution in [-0.2, 0) is 17.7 Å². The van der Waals surface area contributed by atoms with Crippen molar-refractivity contribution in [3.05, 3.63) is 52.4 Å².